The van der Waals surface area contributed by atoms with Crippen molar-refractivity contribution in [2.45, 2.75) is 52.6 Å². The van der Waals surface area contributed by atoms with E-state index in [0.29, 0.717) is 11.1 Å². The highest BCUT2D eigenvalue weighted by Gasteiger charge is 2.27. The van der Waals surface area contributed by atoms with E-state index in [1.807, 2.05) is 50.2 Å². The molecule has 4 heteroatoms. The smallest absolute Gasteiger partial charge is 0.339 e. The quantitative estimate of drug-likeness (QED) is 0.458. The van der Waals surface area contributed by atoms with E-state index in [2.05, 4.69) is 0 Å². The summed E-state index contributed by atoms with van der Waals surface area (Å²) in [5, 5.41) is 0.795. The molecule has 4 nitrogen and oxygen atoms in total. The van der Waals surface area contributed by atoms with Crippen LogP contribution in [0.15, 0.2) is 42.5 Å². The number of hydrogen-bond donors (Lipinski definition) is 0. The van der Waals surface area contributed by atoms with E-state index in [4.69, 9.17) is 9.72 Å². The van der Waals surface area contributed by atoms with Crippen molar-refractivity contribution in [2.24, 2.45) is 0 Å². The van der Waals surface area contributed by atoms with Crippen LogP contribution in [-0.2, 0) is 17.6 Å². The Kier molecular flexibility index (Phi) is 5.18. The molecular formula is C25H25NO3. The molecule has 148 valence electrons. The molecule has 2 aromatic carbocycles. The minimum atomic E-state index is -0.851. The number of rotatable bonds is 4. The van der Waals surface area contributed by atoms with Gasteiger partial charge in [-0.1, -0.05) is 30.3 Å². The fraction of sp³-hybridized carbons (Fsp3) is 0.320. The van der Waals surface area contributed by atoms with Crippen LogP contribution in [0.1, 0.15) is 62.9 Å². The first kappa shape index (κ1) is 19.3. The fourth-order valence-corrected chi connectivity index (χ4v) is 4.01. The van der Waals surface area contributed by atoms with Gasteiger partial charge in [0.1, 0.15) is 0 Å². The van der Waals surface area contributed by atoms with E-state index in [-0.39, 0.29) is 5.78 Å². The SMILES string of the molecule is Cc1ccc(C(=O)[C@@H](C)OC(=O)c2c3c(nc4ccccc24)CCCC3)cc1C. The molecule has 1 atom stereocenters. The molecule has 0 fully saturated rings. The Morgan fingerprint density at radius 1 is 1.00 bits per heavy atom. The van der Waals surface area contributed by atoms with Gasteiger partial charge < -0.3 is 4.74 Å². The van der Waals surface area contributed by atoms with Crippen molar-refractivity contribution < 1.29 is 14.3 Å². The van der Waals surface area contributed by atoms with Crippen LogP contribution in [0.25, 0.3) is 10.9 Å². The number of benzene rings is 2. The molecule has 0 saturated heterocycles. The van der Waals surface area contributed by atoms with Crippen LogP contribution >= 0.6 is 0 Å². The second kappa shape index (κ2) is 7.78. The van der Waals surface area contributed by atoms with E-state index >= 15 is 0 Å². The lowest BCUT2D eigenvalue weighted by atomic mass is 9.90. The molecule has 4 rings (SSSR count). The largest absolute Gasteiger partial charge is 0.451 e. The minimum Gasteiger partial charge on any atom is -0.451 e. The molecule has 1 aliphatic rings. The van der Waals surface area contributed by atoms with Crippen molar-refractivity contribution in [3.8, 4) is 0 Å². The Morgan fingerprint density at radius 3 is 2.55 bits per heavy atom. The summed E-state index contributed by atoms with van der Waals surface area (Å²) < 4.78 is 5.68. The van der Waals surface area contributed by atoms with Crippen LogP contribution in [0.5, 0.6) is 0 Å². The number of pyridine rings is 1. The average Bonchev–Trinajstić information content (AvgIpc) is 2.73. The highest BCUT2D eigenvalue weighted by molar-refractivity contribution is 6.07. The van der Waals surface area contributed by atoms with Crippen LogP contribution in [0.4, 0.5) is 0 Å². The number of nitrogens with zero attached hydrogens (tertiary/aromatic N) is 1. The fourth-order valence-electron chi connectivity index (χ4n) is 4.01. The van der Waals surface area contributed by atoms with Crippen molar-refractivity contribution in [1.82, 2.24) is 4.98 Å². The Morgan fingerprint density at radius 2 is 1.76 bits per heavy atom. The molecule has 1 aliphatic carbocycles. The Bertz CT molecular complexity index is 1120. The first-order valence-electron chi connectivity index (χ1n) is 10.2. The number of ketones is 1. The van der Waals surface area contributed by atoms with E-state index in [9.17, 15) is 9.59 Å². The van der Waals surface area contributed by atoms with Gasteiger partial charge in [-0.3, -0.25) is 9.78 Å². The predicted molar refractivity (Wildman–Crippen MR) is 114 cm³/mol. The molecule has 0 bridgehead atoms. The summed E-state index contributed by atoms with van der Waals surface area (Å²) in [6.45, 7) is 5.62. The number of ether oxygens (including phenoxy) is 1. The van der Waals surface area contributed by atoms with Gasteiger partial charge in [0, 0.05) is 16.6 Å². The monoisotopic (exact) mass is 387 g/mol. The normalized spacial score (nSPS) is 14.3. The molecule has 0 unspecified atom stereocenters. The average molecular weight is 387 g/mol. The van der Waals surface area contributed by atoms with Crippen molar-refractivity contribution in [3.63, 3.8) is 0 Å². The van der Waals surface area contributed by atoms with Crippen LogP contribution in [0, 0.1) is 13.8 Å². The standard InChI is InChI=1S/C25H25NO3/c1-15-12-13-18(14-16(15)2)24(27)17(3)29-25(28)23-19-8-4-6-10-21(19)26-22-11-7-5-9-20(22)23/h4,6,8,10,12-14,17H,5,7,9,11H2,1-3H3/t17-/m1/s1. The summed E-state index contributed by atoms with van der Waals surface area (Å²) in [5.74, 6) is -0.625. The van der Waals surface area contributed by atoms with E-state index in [1.54, 1.807) is 13.0 Å². The van der Waals surface area contributed by atoms with Gasteiger partial charge in [-0.25, -0.2) is 4.79 Å². The zero-order valence-electron chi connectivity index (χ0n) is 17.1. The van der Waals surface area contributed by atoms with Gasteiger partial charge in [0.05, 0.1) is 11.1 Å². The number of aryl methyl sites for hydroxylation is 3. The lowest BCUT2D eigenvalue weighted by Crippen LogP contribution is -2.26. The topological polar surface area (TPSA) is 56.3 Å². The second-order valence-corrected chi connectivity index (χ2v) is 7.85. The zero-order chi connectivity index (χ0) is 20.5. The third-order valence-corrected chi connectivity index (χ3v) is 5.82. The third kappa shape index (κ3) is 3.67. The highest BCUT2D eigenvalue weighted by atomic mass is 16.5. The number of aromatic nitrogens is 1. The number of fused-ring (bicyclic) bond motifs is 2. The Hall–Kier alpha value is -3.01. The second-order valence-electron chi connectivity index (χ2n) is 7.85. The number of esters is 1. The molecule has 29 heavy (non-hydrogen) atoms. The summed E-state index contributed by atoms with van der Waals surface area (Å²) in [6.07, 6.45) is 2.95. The number of carbonyl (C=O) groups excluding carboxylic acids is 2. The maximum Gasteiger partial charge on any atom is 0.339 e. The van der Waals surface area contributed by atoms with Crippen LogP contribution in [0.3, 0.4) is 0 Å². The lowest BCUT2D eigenvalue weighted by molar-refractivity contribution is 0.0319. The van der Waals surface area contributed by atoms with Crippen LogP contribution in [0.2, 0.25) is 0 Å². The summed E-state index contributed by atoms with van der Waals surface area (Å²) in [4.78, 5) is 30.8. The van der Waals surface area contributed by atoms with Crippen LogP contribution < -0.4 is 0 Å². The lowest BCUT2D eigenvalue weighted by Gasteiger charge is -2.21. The Labute approximate surface area is 170 Å². The van der Waals surface area contributed by atoms with Crippen molar-refractivity contribution in [2.75, 3.05) is 0 Å². The highest BCUT2D eigenvalue weighted by Crippen LogP contribution is 2.30. The number of para-hydroxylation sites is 1. The first-order chi connectivity index (χ1) is 14.0. The minimum absolute atomic E-state index is 0.186. The number of carbonyl (C=O) groups is 2. The van der Waals surface area contributed by atoms with Gasteiger partial charge in [0.25, 0.3) is 0 Å². The molecule has 0 N–H and O–H groups in total. The third-order valence-electron chi connectivity index (χ3n) is 5.82. The van der Waals surface area contributed by atoms with Gasteiger partial charge in [-0.2, -0.15) is 0 Å². The van der Waals surface area contributed by atoms with Gasteiger partial charge >= 0.3 is 5.97 Å². The summed E-state index contributed by atoms with van der Waals surface area (Å²) in [5.41, 5.74) is 6.07. The van der Waals surface area contributed by atoms with Gasteiger partial charge in [-0.05, 0) is 75.3 Å². The molecule has 0 radical (unpaired) electrons. The molecule has 0 saturated carbocycles. The van der Waals surface area contributed by atoms with Crippen molar-refractivity contribution >= 4 is 22.7 Å². The number of Topliss-reactive ketones (excluding diaryl/α,β-unsaturated/α-hetero) is 1. The maximum absolute atomic E-state index is 13.2. The zero-order valence-corrected chi connectivity index (χ0v) is 17.1. The number of hydrogen-bond acceptors (Lipinski definition) is 4. The van der Waals surface area contributed by atoms with E-state index in [0.717, 1.165) is 59.0 Å². The summed E-state index contributed by atoms with van der Waals surface area (Å²) in [7, 11) is 0. The van der Waals surface area contributed by atoms with Crippen molar-refractivity contribution in [3.05, 3.63) is 76.0 Å². The van der Waals surface area contributed by atoms with Crippen molar-refractivity contribution in [1.29, 1.82) is 0 Å². The van der Waals surface area contributed by atoms with Gasteiger partial charge in [0.2, 0.25) is 5.78 Å². The molecule has 0 aliphatic heterocycles. The predicted octanol–water partition coefficient (Wildman–Crippen LogP) is 5.16. The molecule has 3 aromatic rings. The first-order valence-corrected chi connectivity index (χ1v) is 10.2. The molecule has 1 heterocycles. The van der Waals surface area contributed by atoms with Crippen LogP contribution in [-0.4, -0.2) is 22.8 Å². The molecular weight excluding hydrogens is 362 g/mol. The van der Waals surface area contributed by atoms with E-state index in [1.165, 1.54) is 0 Å². The maximum atomic E-state index is 13.2. The summed E-state index contributed by atoms with van der Waals surface area (Å²) >= 11 is 0. The Balaban J connectivity index is 1.67. The van der Waals surface area contributed by atoms with E-state index < -0.39 is 12.1 Å². The van der Waals surface area contributed by atoms with Gasteiger partial charge in [-0.15, -0.1) is 0 Å². The van der Waals surface area contributed by atoms with Gasteiger partial charge in [0.15, 0.2) is 6.10 Å². The summed E-state index contributed by atoms with van der Waals surface area (Å²) in [6, 6.07) is 13.2. The molecule has 1 aromatic heterocycles. The molecule has 0 amide bonds. The molecule has 0 spiro atoms.